The molecule has 4 N–H and O–H groups in total. The lowest BCUT2D eigenvalue weighted by molar-refractivity contribution is -0.231. The van der Waals surface area contributed by atoms with E-state index in [9.17, 15) is 20.4 Å². The van der Waals surface area contributed by atoms with Gasteiger partial charge in [-0.25, -0.2) is 0 Å². The molecule has 0 aromatic heterocycles. The largest absolute Gasteiger partial charge is 0.394 e. The highest BCUT2D eigenvalue weighted by molar-refractivity contribution is 5.39. The summed E-state index contributed by atoms with van der Waals surface area (Å²) in [5.74, 6) is 2.59. The molecule has 0 aliphatic carbocycles. The molecule has 1 aliphatic rings. The second kappa shape index (κ2) is 8.22. The van der Waals surface area contributed by atoms with Gasteiger partial charge in [0, 0.05) is 5.56 Å². The maximum Gasteiger partial charge on any atom is 0.113 e. The second-order valence-electron chi connectivity index (χ2n) is 6.95. The minimum absolute atomic E-state index is 0.443. The van der Waals surface area contributed by atoms with Gasteiger partial charge in [-0.2, -0.15) is 0 Å². The van der Waals surface area contributed by atoms with E-state index in [1.165, 1.54) is 0 Å². The predicted molar refractivity (Wildman–Crippen MR) is 101 cm³/mol. The fourth-order valence-electron chi connectivity index (χ4n) is 3.37. The molecule has 2 aromatic rings. The van der Waals surface area contributed by atoms with E-state index in [4.69, 9.17) is 11.2 Å². The standard InChI is InChI=1S/C22H24O5/c1-3-14-5-7-15(8-6-14)10-17-11-16(9-4-13(17)2)22-21(26)20(25)19(24)18(12-23)27-22/h1,4-9,11,18-26H,10,12H2,2H3/t18-,19-,20+,21?,22+/m1/s1. The summed E-state index contributed by atoms with van der Waals surface area (Å²) in [6, 6.07) is 13.4. The maximum absolute atomic E-state index is 10.3. The van der Waals surface area contributed by atoms with Crippen molar-refractivity contribution in [1.82, 2.24) is 0 Å². The molecule has 0 bridgehead atoms. The number of hydrogen-bond acceptors (Lipinski definition) is 5. The van der Waals surface area contributed by atoms with Crippen LogP contribution in [-0.4, -0.2) is 51.4 Å². The van der Waals surface area contributed by atoms with Crippen LogP contribution >= 0.6 is 0 Å². The number of hydrogen-bond donors (Lipinski definition) is 4. The molecule has 0 saturated carbocycles. The number of rotatable bonds is 4. The molecule has 0 spiro atoms. The highest BCUT2D eigenvalue weighted by Crippen LogP contribution is 2.33. The Labute approximate surface area is 158 Å². The first-order valence-corrected chi connectivity index (χ1v) is 8.90. The van der Waals surface area contributed by atoms with E-state index >= 15 is 0 Å². The summed E-state index contributed by atoms with van der Waals surface area (Å²) in [4.78, 5) is 0. The lowest BCUT2D eigenvalue weighted by Gasteiger charge is -2.40. The Kier molecular flexibility index (Phi) is 5.95. The van der Waals surface area contributed by atoms with Crippen molar-refractivity contribution in [3.05, 3.63) is 70.3 Å². The van der Waals surface area contributed by atoms with Crippen molar-refractivity contribution in [1.29, 1.82) is 0 Å². The molecule has 5 atom stereocenters. The average Bonchev–Trinajstić information content (AvgIpc) is 2.69. The first-order chi connectivity index (χ1) is 12.9. The maximum atomic E-state index is 10.3. The molecule has 27 heavy (non-hydrogen) atoms. The summed E-state index contributed by atoms with van der Waals surface area (Å²) in [6.07, 6.45) is 0.291. The second-order valence-corrected chi connectivity index (χ2v) is 6.95. The van der Waals surface area contributed by atoms with Gasteiger partial charge in [0.25, 0.3) is 0 Å². The molecule has 1 unspecified atom stereocenters. The van der Waals surface area contributed by atoms with Crippen LogP contribution in [0.5, 0.6) is 0 Å². The molecule has 3 rings (SSSR count). The summed E-state index contributed by atoms with van der Waals surface area (Å²) in [6.45, 7) is 1.56. The lowest BCUT2D eigenvalue weighted by atomic mass is 9.89. The van der Waals surface area contributed by atoms with Gasteiger partial charge < -0.3 is 25.2 Å². The number of terminal acetylenes is 1. The van der Waals surface area contributed by atoms with Crippen LogP contribution in [0.15, 0.2) is 42.5 Å². The van der Waals surface area contributed by atoms with Gasteiger partial charge in [-0.05, 0) is 47.7 Å². The predicted octanol–water partition coefficient (Wildman–Crippen LogP) is 1.08. The summed E-state index contributed by atoms with van der Waals surface area (Å²) in [5.41, 5.74) is 4.75. The number of benzene rings is 2. The van der Waals surface area contributed by atoms with Crippen LogP contribution in [0.4, 0.5) is 0 Å². The molecule has 1 saturated heterocycles. The number of aryl methyl sites for hydroxylation is 1. The van der Waals surface area contributed by atoms with Gasteiger partial charge in [0.1, 0.15) is 30.5 Å². The van der Waals surface area contributed by atoms with Crippen LogP contribution in [0.25, 0.3) is 0 Å². The van der Waals surface area contributed by atoms with E-state index in [0.717, 1.165) is 22.3 Å². The highest BCUT2D eigenvalue weighted by Gasteiger charge is 2.43. The van der Waals surface area contributed by atoms with Crippen LogP contribution in [0.1, 0.15) is 33.9 Å². The van der Waals surface area contributed by atoms with E-state index in [2.05, 4.69) is 5.92 Å². The van der Waals surface area contributed by atoms with Gasteiger partial charge in [-0.15, -0.1) is 6.42 Å². The first-order valence-electron chi connectivity index (χ1n) is 8.90. The van der Waals surface area contributed by atoms with Gasteiger partial charge in [-0.1, -0.05) is 36.3 Å². The summed E-state index contributed by atoms with van der Waals surface area (Å²) >= 11 is 0. The molecule has 142 valence electrons. The Bertz CT molecular complexity index is 822. The lowest BCUT2D eigenvalue weighted by Crippen LogP contribution is -2.55. The summed E-state index contributed by atoms with van der Waals surface area (Å²) < 4.78 is 5.66. The van der Waals surface area contributed by atoms with Gasteiger partial charge in [-0.3, -0.25) is 0 Å². The molecule has 1 heterocycles. The molecule has 1 aliphatic heterocycles. The zero-order chi connectivity index (χ0) is 19.6. The van der Waals surface area contributed by atoms with Crippen molar-refractivity contribution in [2.45, 2.75) is 43.9 Å². The molecule has 0 amide bonds. The fourth-order valence-corrected chi connectivity index (χ4v) is 3.37. The van der Waals surface area contributed by atoms with Crippen molar-refractivity contribution in [2.24, 2.45) is 0 Å². The third-order valence-electron chi connectivity index (χ3n) is 5.11. The number of ether oxygens (including phenoxy) is 1. The molecular weight excluding hydrogens is 344 g/mol. The van der Waals surface area contributed by atoms with Crippen LogP contribution < -0.4 is 0 Å². The normalized spacial score (nSPS) is 27.9. The van der Waals surface area contributed by atoms with Crippen LogP contribution in [0.2, 0.25) is 0 Å². The van der Waals surface area contributed by atoms with Gasteiger partial charge >= 0.3 is 0 Å². The molecule has 2 aromatic carbocycles. The topological polar surface area (TPSA) is 90.2 Å². The van der Waals surface area contributed by atoms with E-state index in [0.29, 0.717) is 12.0 Å². The molecule has 1 fully saturated rings. The fraction of sp³-hybridized carbons (Fsp3) is 0.364. The Morgan fingerprint density at radius 1 is 1.00 bits per heavy atom. The van der Waals surface area contributed by atoms with Gasteiger partial charge in [0.15, 0.2) is 0 Å². The smallest absolute Gasteiger partial charge is 0.113 e. The average molecular weight is 368 g/mol. The van der Waals surface area contributed by atoms with E-state index in [-0.39, 0.29) is 0 Å². The summed E-state index contributed by atoms with van der Waals surface area (Å²) in [5, 5.41) is 39.7. The summed E-state index contributed by atoms with van der Waals surface area (Å²) in [7, 11) is 0. The first kappa shape index (κ1) is 19.6. The number of aliphatic hydroxyl groups excluding tert-OH is 4. The van der Waals surface area contributed by atoms with Crippen molar-refractivity contribution in [3.8, 4) is 12.3 Å². The van der Waals surface area contributed by atoms with Crippen molar-refractivity contribution in [3.63, 3.8) is 0 Å². The monoisotopic (exact) mass is 368 g/mol. The molecule has 5 heteroatoms. The molecule has 5 nitrogen and oxygen atoms in total. The Morgan fingerprint density at radius 2 is 1.70 bits per heavy atom. The Morgan fingerprint density at radius 3 is 2.33 bits per heavy atom. The SMILES string of the molecule is C#Cc1ccc(Cc2cc([C@@H]3O[C@H](CO)[C@@H](O)[C@H](O)C3O)ccc2C)cc1. The Hall–Kier alpha value is -2.20. The molecular formula is C22H24O5. The third kappa shape index (κ3) is 4.06. The quantitative estimate of drug-likeness (QED) is 0.607. The van der Waals surface area contributed by atoms with Gasteiger partial charge in [0.2, 0.25) is 0 Å². The van der Waals surface area contributed by atoms with Crippen molar-refractivity contribution in [2.75, 3.05) is 6.61 Å². The minimum Gasteiger partial charge on any atom is -0.394 e. The van der Waals surface area contributed by atoms with Gasteiger partial charge in [0.05, 0.1) is 6.61 Å². The minimum atomic E-state index is -1.39. The van der Waals surface area contributed by atoms with Crippen LogP contribution in [0.3, 0.4) is 0 Å². The van der Waals surface area contributed by atoms with Crippen molar-refractivity contribution < 1.29 is 25.2 Å². The van der Waals surface area contributed by atoms with E-state index in [1.54, 1.807) is 0 Å². The Balaban J connectivity index is 1.86. The number of aliphatic hydroxyl groups is 4. The zero-order valence-corrected chi connectivity index (χ0v) is 15.1. The highest BCUT2D eigenvalue weighted by atomic mass is 16.5. The van der Waals surface area contributed by atoms with Crippen LogP contribution in [0, 0.1) is 19.3 Å². The third-order valence-corrected chi connectivity index (χ3v) is 5.11. The zero-order valence-electron chi connectivity index (χ0n) is 15.1. The molecule has 0 radical (unpaired) electrons. The van der Waals surface area contributed by atoms with E-state index < -0.39 is 37.1 Å². The van der Waals surface area contributed by atoms with E-state index in [1.807, 2.05) is 49.4 Å². The van der Waals surface area contributed by atoms with Crippen LogP contribution in [-0.2, 0) is 11.2 Å². The van der Waals surface area contributed by atoms with Crippen molar-refractivity contribution >= 4 is 0 Å².